The summed E-state index contributed by atoms with van der Waals surface area (Å²) in [5, 5.41) is 9.08. The zero-order valence-electron chi connectivity index (χ0n) is 10.1. The van der Waals surface area contributed by atoms with Gasteiger partial charge in [-0.25, -0.2) is 4.98 Å². The molecule has 0 bridgehead atoms. The van der Waals surface area contributed by atoms with E-state index in [1.807, 2.05) is 24.3 Å². The number of nitrogens with zero attached hydrogens (tertiary/aromatic N) is 2. The van der Waals surface area contributed by atoms with Gasteiger partial charge in [-0.05, 0) is 30.3 Å². The van der Waals surface area contributed by atoms with E-state index in [1.54, 1.807) is 12.1 Å². The van der Waals surface area contributed by atoms with Gasteiger partial charge < -0.3 is 4.42 Å². The molecule has 1 heterocycles. The lowest BCUT2D eigenvalue weighted by molar-refractivity contribution is 0.617. The number of oxazole rings is 1. The normalized spacial score (nSPS) is 10.9. The van der Waals surface area contributed by atoms with E-state index in [0.29, 0.717) is 22.6 Å². The van der Waals surface area contributed by atoms with Crippen molar-refractivity contribution in [3.8, 4) is 17.5 Å². The maximum absolute atomic E-state index is 9.08. The molecule has 0 aliphatic heterocycles. The predicted molar refractivity (Wildman–Crippen MR) is 83.6 cm³/mol. The Bertz CT molecular complexity index is 804. The molecule has 0 N–H and O–H groups in total. The minimum absolute atomic E-state index is 0.101. The Morgan fingerprint density at radius 1 is 1.25 bits per heavy atom. The van der Waals surface area contributed by atoms with Crippen molar-refractivity contribution in [3.05, 3.63) is 53.6 Å². The van der Waals surface area contributed by atoms with Crippen molar-refractivity contribution in [2.75, 3.05) is 0 Å². The fourth-order valence-corrected chi connectivity index (χ4v) is 2.62. The van der Waals surface area contributed by atoms with Crippen LogP contribution < -0.4 is 0 Å². The quantitative estimate of drug-likeness (QED) is 0.581. The van der Waals surface area contributed by atoms with Gasteiger partial charge in [0.05, 0.1) is 15.4 Å². The van der Waals surface area contributed by atoms with Gasteiger partial charge in [0.25, 0.3) is 0 Å². The first kappa shape index (κ1) is 13.3. The van der Waals surface area contributed by atoms with Crippen LogP contribution >= 0.6 is 31.9 Å². The lowest BCUT2D eigenvalue weighted by atomic mass is 10.1. The molecular formula is C15H7Br2N2O. The molecule has 0 fully saturated rings. The van der Waals surface area contributed by atoms with Crippen LogP contribution in [0.3, 0.4) is 0 Å². The van der Waals surface area contributed by atoms with E-state index in [0.717, 1.165) is 11.1 Å². The predicted octanol–water partition coefficient (Wildman–Crippen LogP) is 4.96. The number of fused-ring (bicyclic) bond motifs is 1. The Hall–Kier alpha value is -1.64. The van der Waals surface area contributed by atoms with Crippen LogP contribution in [0, 0.1) is 17.4 Å². The highest BCUT2D eigenvalue weighted by Crippen LogP contribution is 2.37. The minimum atomic E-state index is -0.101. The van der Waals surface area contributed by atoms with Crippen molar-refractivity contribution >= 4 is 43.0 Å². The number of hydrogen-bond acceptors (Lipinski definition) is 3. The molecule has 0 amide bonds. The molecule has 3 rings (SSSR count). The first-order chi connectivity index (χ1) is 9.69. The summed E-state index contributed by atoms with van der Waals surface area (Å²) < 4.78 is 5.75. The highest BCUT2D eigenvalue weighted by molar-refractivity contribution is 9.24. The number of hydrogen-bond donors (Lipinski definition) is 0. The molecule has 2 aromatic carbocycles. The highest BCUT2D eigenvalue weighted by atomic mass is 79.9. The number of aromatic nitrogens is 1. The number of nitriles is 1. The van der Waals surface area contributed by atoms with Gasteiger partial charge in [0.1, 0.15) is 5.52 Å². The Balaban J connectivity index is 2.25. The second-order valence-corrected chi connectivity index (χ2v) is 7.19. The van der Waals surface area contributed by atoms with E-state index in [1.165, 1.54) is 0 Å². The minimum Gasteiger partial charge on any atom is -0.436 e. The average Bonchev–Trinajstić information content (AvgIpc) is 2.90. The maximum atomic E-state index is 9.08. The summed E-state index contributed by atoms with van der Waals surface area (Å²) in [6.07, 6.45) is 0. The summed E-state index contributed by atoms with van der Waals surface area (Å²) in [6, 6.07) is 16.0. The molecule has 0 aliphatic carbocycles. The summed E-state index contributed by atoms with van der Waals surface area (Å²) in [7, 11) is 0. The molecule has 3 aromatic rings. The second kappa shape index (κ2) is 5.39. The van der Waals surface area contributed by atoms with Crippen molar-refractivity contribution in [1.82, 2.24) is 4.98 Å². The van der Waals surface area contributed by atoms with Crippen LogP contribution in [-0.4, -0.2) is 4.98 Å². The summed E-state index contributed by atoms with van der Waals surface area (Å²) in [6.45, 7) is 0. The Labute approximate surface area is 132 Å². The van der Waals surface area contributed by atoms with Gasteiger partial charge in [-0.15, -0.1) is 0 Å². The summed E-state index contributed by atoms with van der Waals surface area (Å²) in [5.41, 5.74) is 3.62. The third-order valence-corrected chi connectivity index (χ3v) is 3.83. The zero-order chi connectivity index (χ0) is 14.1. The Morgan fingerprint density at radius 3 is 2.65 bits per heavy atom. The largest absolute Gasteiger partial charge is 0.436 e. The highest BCUT2D eigenvalue weighted by Gasteiger charge is 2.16. The lowest BCUT2D eigenvalue weighted by Gasteiger charge is -2.02. The number of alkyl halides is 2. The molecule has 1 aromatic heterocycles. The average molecular weight is 391 g/mol. The van der Waals surface area contributed by atoms with E-state index < -0.39 is 0 Å². The van der Waals surface area contributed by atoms with Gasteiger partial charge in [-0.3, -0.25) is 0 Å². The van der Waals surface area contributed by atoms with Crippen molar-refractivity contribution in [2.24, 2.45) is 0 Å². The summed E-state index contributed by atoms with van der Waals surface area (Å²) in [5.74, 6) is 0.533. The standard InChI is InChI=1S/C15H7Br2N2O/c16-14(17)11-6-9(8-18)7-12-13(11)20-15(19-12)10-4-2-1-3-5-10/h2-7,14H. The molecule has 0 aliphatic rings. The van der Waals surface area contributed by atoms with Crippen LogP contribution in [0.1, 0.15) is 14.9 Å². The second-order valence-electron chi connectivity index (χ2n) is 4.13. The lowest BCUT2D eigenvalue weighted by Crippen LogP contribution is -1.85. The molecule has 0 spiro atoms. The topological polar surface area (TPSA) is 49.8 Å². The maximum Gasteiger partial charge on any atom is 0.227 e. The van der Waals surface area contributed by atoms with Crippen molar-refractivity contribution in [1.29, 1.82) is 5.26 Å². The van der Waals surface area contributed by atoms with E-state index in [-0.39, 0.29) is 3.74 Å². The molecule has 97 valence electrons. The van der Waals surface area contributed by atoms with E-state index in [9.17, 15) is 0 Å². The summed E-state index contributed by atoms with van der Waals surface area (Å²) >= 11 is 6.89. The van der Waals surface area contributed by atoms with Crippen molar-refractivity contribution in [3.63, 3.8) is 0 Å². The zero-order valence-corrected chi connectivity index (χ0v) is 13.3. The van der Waals surface area contributed by atoms with Gasteiger partial charge in [0, 0.05) is 11.1 Å². The smallest absolute Gasteiger partial charge is 0.227 e. The molecule has 0 unspecified atom stereocenters. The molecule has 0 atom stereocenters. The van der Waals surface area contributed by atoms with Gasteiger partial charge in [0.15, 0.2) is 5.58 Å². The van der Waals surface area contributed by atoms with E-state index in [4.69, 9.17) is 9.68 Å². The fourth-order valence-electron chi connectivity index (χ4n) is 1.94. The molecule has 0 saturated carbocycles. The number of halogens is 2. The Morgan fingerprint density at radius 2 is 2.00 bits per heavy atom. The van der Waals surface area contributed by atoms with Crippen LogP contribution in [0.4, 0.5) is 0 Å². The van der Waals surface area contributed by atoms with Crippen LogP contribution in [-0.2, 0) is 0 Å². The molecule has 0 saturated heterocycles. The number of benzene rings is 2. The molecule has 1 radical (unpaired) electrons. The van der Waals surface area contributed by atoms with Crippen LogP contribution in [0.15, 0.2) is 40.8 Å². The monoisotopic (exact) mass is 389 g/mol. The third-order valence-electron chi connectivity index (χ3n) is 2.85. The number of rotatable bonds is 2. The van der Waals surface area contributed by atoms with Gasteiger partial charge >= 0.3 is 0 Å². The SMILES string of the molecule is N#Cc1cc(C(Br)Br)c2oc(-c3cc[c]cc3)nc2c1. The van der Waals surface area contributed by atoms with Gasteiger partial charge in [-0.2, -0.15) is 5.26 Å². The molecule has 20 heavy (non-hydrogen) atoms. The van der Waals surface area contributed by atoms with E-state index in [2.05, 4.69) is 49.0 Å². The fraction of sp³-hybridized carbons (Fsp3) is 0.0667. The van der Waals surface area contributed by atoms with Crippen LogP contribution in [0.2, 0.25) is 0 Å². The van der Waals surface area contributed by atoms with Crippen LogP contribution in [0.5, 0.6) is 0 Å². The molecule has 5 heteroatoms. The van der Waals surface area contributed by atoms with Crippen LogP contribution in [0.25, 0.3) is 22.6 Å². The molecule has 3 nitrogen and oxygen atoms in total. The summed E-state index contributed by atoms with van der Waals surface area (Å²) in [4.78, 5) is 4.46. The van der Waals surface area contributed by atoms with Gasteiger partial charge in [-0.1, -0.05) is 44.0 Å². The van der Waals surface area contributed by atoms with E-state index >= 15 is 0 Å². The van der Waals surface area contributed by atoms with Crippen molar-refractivity contribution in [2.45, 2.75) is 3.74 Å². The third kappa shape index (κ3) is 2.37. The first-order valence-electron chi connectivity index (χ1n) is 5.78. The first-order valence-corrected chi connectivity index (χ1v) is 7.61. The Kier molecular flexibility index (Phi) is 3.60. The molecular weight excluding hydrogens is 384 g/mol. The van der Waals surface area contributed by atoms with Gasteiger partial charge in [0.2, 0.25) is 5.89 Å². The van der Waals surface area contributed by atoms with Crippen molar-refractivity contribution < 1.29 is 4.42 Å².